The molecule has 0 aliphatic carbocycles. The minimum atomic E-state index is 0. The monoisotopic (exact) mass is 325 g/mol. The second-order valence-corrected chi connectivity index (χ2v) is 5.12. The lowest BCUT2D eigenvalue weighted by atomic mass is 10.1. The molecule has 1 saturated heterocycles. The van der Waals surface area contributed by atoms with E-state index < -0.39 is 0 Å². The van der Waals surface area contributed by atoms with E-state index in [1.807, 2.05) is 24.3 Å². The fourth-order valence-electron chi connectivity index (χ4n) is 2.38. The topological polar surface area (TPSA) is 48.0 Å². The van der Waals surface area contributed by atoms with Gasteiger partial charge in [0, 0.05) is 26.1 Å². The van der Waals surface area contributed by atoms with Crippen molar-refractivity contribution >= 4 is 24.3 Å². The average Bonchev–Trinajstić information content (AvgIpc) is 2.99. The Balaban J connectivity index is 0.00000176. The number of rotatable bonds is 5. The van der Waals surface area contributed by atoms with Crippen LogP contribution in [-0.4, -0.2) is 50.3 Å². The van der Waals surface area contributed by atoms with Crippen molar-refractivity contribution in [3.8, 4) is 11.5 Å². The molecule has 0 unspecified atom stereocenters. The molecule has 0 radical (unpaired) electrons. The lowest BCUT2D eigenvalue weighted by Gasteiger charge is -2.25. The van der Waals surface area contributed by atoms with Crippen LogP contribution in [0.25, 0.3) is 6.08 Å². The molecule has 22 heavy (non-hydrogen) atoms. The third-order valence-corrected chi connectivity index (χ3v) is 3.64. The van der Waals surface area contributed by atoms with Gasteiger partial charge in [-0.25, -0.2) is 0 Å². The van der Waals surface area contributed by atoms with Gasteiger partial charge in [-0.2, -0.15) is 0 Å². The summed E-state index contributed by atoms with van der Waals surface area (Å²) in [7, 11) is 0. The molecule has 0 spiro atoms. The van der Waals surface area contributed by atoms with Crippen LogP contribution in [0.3, 0.4) is 0 Å². The van der Waals surface area contributed by atoms with Crippen molar-refractivity contribution in [3.63, 3.8) is 0 Å². The van der Waals surface area contributed by atoms with Gasteiger partial charge in [-0.3, -0.25) is 9.69 Å². The van der Waals surface area contributed by atoms with Crippen molar-refractivity contribution in [3.05, 3.63) is 29.8 Å². The summed E-state index contributed by atoms with van der Waals surface area (Å²) in [6, 6.07) is 5.66. The van der Waals surface area contributed by atoms with Gasteiger partial charge in [-0.05, 0) is 23.8 Å². The number of hydrogen-bond acceptors (Lipinski definition) is 5. The summed E-state index contributed by atoms with van der Waals surface area (Å²) in [6.07, 6.45) is 4.00. The smallest absolute Gasteiger partial charge is 0.231 e. The summed E-state index contributed by atoms with van der Waals surface area (Å²) in [5, 5.41) is 0. The second-order valence-electron chi connectivity index (χ2n) is 5.12. The number of fused-ring (bicyclic) bond motifs is 1. The number of benzene rings is 1. The molecule has 1 fully saturated rings. The lowest BCUT2D eigenvalue weighted by Crippen LogP contribution is -2.37. The zero-order valence-corrected chi connectivity index (χ0v) is 13.1. The number of allylic oxidation sites excluding steroid dienone is 1. The number of hydrogen-bond donors (Lipinski definition) is 0. The van der Waals surface area contributed by atoms with Crippen LogP contribution < -0.4 is 9.47 Å². The van der Waals surface area contributed by atoms with Crippen LogP contribution >= 0.6 is 12.4 Å². The van der Waals surface area contributed by atoms with Crippen molar-refractivity contribution in [2.75, 3.05) is 39.6 Å². The molecule has 0 amide bonds. The third-order valence-electron chi connectivity index (χ3n) is 3.64. The number of carbonyl (C=O) groups is 1. The molecule has 2 aliphatic heterocycles. The quantitative estimate of drug-likeness (QED) is 0.776. The standard InChI is InChI=1S/C16H19NO4.ClH/c18-14(5-6-17-7-9-19-10-8-17)3-1-13-2-4-15-16(11-13)21-12-20-15;/h1-4,11H,5-10,12H2;1H. The normalized spacial score (nSPS) is 17.5. The maximum atomic E-state index is 11.9. The Labute approximate surface area is 136 Å². The molecule has 0 saturated carbocycles. The largest absolute Gasteiger partial charge is 0.454 e. The van der Waals surface area contributed by atoms with Gasteiger partial charge in [-0.1, -0.05) is 12.1 Å². The predicted molar refractivity (Wildman–Crippen MR) is 85.7 cm³/mol. The first-order valence-electron chi connectivity index (χ1n) is 7.22. The van der Waals surface area contributed by atoms with Gasteiger partial charge in [0.25, 0.3) is 0 Å². The van der Waals surface area contributed by atoms with E-state index in [4.69, 9.17) is 14.2 Å². The van der Waals surface area contributed by atoms with Crippen molar-refractivity contribution in [2.45, 2.75) is 6.42 Å². The minimum Gasteiger partial charge on any atom is -0.454 e. The maximum Gasteiger partial charge on any atom is 0.231 e. The fourth-order valence-corrected chi connectivity index (χ4v) is 2.38. The summed E-state index contributed by atoms with van der Waals surface area (Å²) in [4.78, 5) is 14.2. The Morgan fingerprint density at radius 1 is 1.18 bits per heavy atom. The highest BCUT2D eigenvalue weighted by Crippen LogP contribution is 2.32. The zero-order chi connectivity index (χ0) is 14.5. The molecule has 0 aromatic heterocycles. The van der Waals surface area contributed by atoms with Gasteiger partial charge < -0.3 is 14.2 Å². The zero-order valence-electron chi connectivity index (χ0n) is 12.3. The summed E-state index contributed by atoms with van der Waals surface area (Å²) in [5.74, 6) is 1.63. The predicted octanol–water partition coefficient (Wildman–Crippen LogP) is 2.14. The van der Waals surface area contributed by atoms with E-state index >= 15 is 0 Å². The molecular formula is C16H20ClNO4. The first-order chi connectivity index (χ1) is 10.3. The van der Waals surface area contributed by atoms with Crippen molar-refractivity contribution in [2.24, 2.45) is 0 Å². The van der Waals surface area contributed by atoms with Crippen LogP contribution in [0.15, 0.2) is 24.3 Å². The Morgan fingerprint density at radius 3 is 2.77 bits per heavy atom. The van der Waals surface area contributed by atoms with Crippen LogP contribution in [0.4, 0.5) is 0 Å². The SMILES string of the molecule is Cl.O=C(C=Cc1ccc2c(c1)OCO2)CCN1CCOCC1. The Hall–Kier alpha value is -1.56. The molecule has 6 heteroatoms. The molecule has 2 aliphatic rings. The molecule has 5 nitrogen and oxygen atoms in total. The number of morpholine rings is 1. The van der Waals surface area contributed by atoms with Crippen molar-refractivity contribution in [1.29, 1.82) is 0 Å². The number of halogens is 1. The van der Waals surface area contributed by atoms with E-state index in [2.05, 4.69) is 4.90 Å². The molecule has 2 heterocycles. The van der Waals surface area contributed by atoms with E-state index in [1.54, 1.807) is 6.08 Å². The van der Waals surface area contributed by atoms with Crippen LogP contribution in [0, 0.1) is 0 Å². The number of nitrogens with zero attached hydrogens (tertiary/aromatic N) is 1. The molecule has 120 valence electrons. The van der Waals surface area contributed by atoms with Crippen molar-refractivity contribution < 1.29 is 19.0 Å². The molecule has 0 N–H and O–H groups in total. The number of ether oxygens (including phenoxy) is 3. The van der Waals surface area contributed by atoms with Gasteiger partial charge in [0.05, 0.1) is 13.2 Å². The molecule has 1 aromatic carbocycles. The number of carbonyl (C=O) groups excluding carboxylic acids is 1. The van der Waals surface area contributed by atoms with Crippen molar-refractivity contribution in [1.82, 2.24) is 4.90 Å². The molecule has 3 rings (SSSR count). The van der Waals surface area contributed by atoms with Crippen LogP contribution in [0.2, 0.25) is 0 Å². The average molecular weight is 326 g/mol. The first-order valence-corrected chi connectivity index (χ1v) is 7.22. The maximum absolute atomic E-state index is 11.9. The Morgan fingerprint density at radius 2 is 1.95 bits per heavy atom. The first kappa shape index (κ1) is 16.8. The molecule has 0 bridgehead atoms. The second kappa shape index (κ2) is 8.17. The third kappa shape index (κ3) is 4.47. The van der Waals surface area contributed by atoms with E-state index in [0.29, 0.717) is 6.42 Å². The van der Waals surface area contributed by atoms with Crippen LogP contribution in [0.1, 0.15) is 12.0 Å². The van der Waals surface area contributed by atoms with Gasteiger partial charge in [-0.15, -0.1) is 12.4 Å². The Kier molecular flexibility index (Phi) is 6.24. The summed E-state index contributed by atoms with van der Waals surface area (Å²) >= 11 is 0. The summed E-state index contributed by atoms with van der Waals surface area (Å²) in [6.45, 7) is 4.43. The summed E-state index contributed by atoms with van der Waals surface area (Å²) in [5.41, 5.74) is 0.943. The minimum absolute atomic E-state index is 0. The van der Waals surface area contributed by atoms with E-state index in [-0.39, 0.29) is 25.0 Å². The highest BCUT2D eigenvalue weighted by atomic mass is 35.5. The fraction of sp³-hybridized carbons (Fsp3) is 0.438. The molecule has 0 atom stereocenters. The van der Waals surface area contributed by atoms with E-state index in [9.17, 15) is 4.79 Å². The lowest BCUT2D eigenvalue weighted by molar-refractivity contribution is -0.115. The number of ketones is 1. The van der Waals surface area contributed by atoms with Gasteiger partial charge >= 0.3 is 0 Å². The van der Waals surface area contributed by atoms with Crippen LogP contribution in [-0.2, 0) is 9.53 Å². The van der Waals surface area contributed by atoms with E-state index in [0.717, 1.165) is 49.9 Å². The van der Waals surface area contributed by atoms with Gasteiger partial charge in [0.1, 0.15) is 0 Å². The molecule has 1 aromatic rings. The molecular weight excluding hydrogens is 306 g/mol. The Bertz CT molecular complexity index is 541. The highest BCUT2D eigenvalue weighted by Gasteiger charge is 2.13. The van der Waals surface area contributed by atoms with E-state index in [1.165, 1.54) is 0 Å². The highest BCUT2D eigenvalue weighted by molar-refractivity contribution is 5.93. The van der Waals surface area contributed by atoms with Crippen LogP contribution in [0.5, 0.6) is 11.5 Å². The van der Waals surface area contributed by atoms with Gasteiger partial charge in [0.2, 0.25) is 6.79 Å². The van der Waals surface area contributed by atoms with Gasteiger partial charge in [0.15, 0.2) is 17.3 Å². The summed E-state index contributed by atoms with van der Waals surface area (Å²) < 4.78 is 15.9.